The van der Waals surface area contributed by atoms with Crippen molar-refractivity contribution < 1.29 is 14.1 Å². The van der Waals surface area contributed by atoms with Crippen molar-refractivity contribution in [1.82, 2.24) is 5.32 Å². The molecule has 0 saturated carbocycles. The topological polar surface area (TPSA) is 101 Å². The summed E-state index contributed by atoms with van der Waals surface area (Å²) in [5, 5.41) is 17.4. The van der Waals surface area contributed by atoms with E-state index in [1.165, 1.54) is 24.6 Å². The maximum Gasteiger partial charge on any atom is 0.293 e. The van der Waals surface area contributed by atoms with Gasteiger partial charge in [-0.15, -0.1) is 0 Å². The van der Waals surface area contributed by atoms with Crippen LogP contribution in [0, 0.1) is 10.1 Å². The predicted octanol–water partition coefficient (Wildman–Crippen LogP) is 5.63. The quantitative estimate of drug-likeness (QED) is 0.275. The van der Waals surface area contributed by atoms with E-state index in [0.717, 1.165) is 31.6 Å². The summed E-state index contributed by atoms with van der Waals surface area (Å²) in [5.74, 6) is -0.168. The van der Waals surface area contributed by atoms with Crippen LogP contribution >= 0.6 is 23.8 Å². The van der Waals surface area contributed by atoms with Crippen LogP contribution in [0.2, 0.25) is 5.02 Å². The van der Waals surface area contributed by atoms with Crippen molar-refractivity contribution in [2.24, 2.45) is 0 Å². The minimum atomic E-state index is -0.536. The average Bonchev–Trinajstić information content (AvgIpc) is 3.30. The van der Waals surface area contributed by atoms with Gasteiger partial charge in [0.1, 0.15) is 5.76 Å². The Hall–Kier alpha value is -3.43. The fourth-order valence-electron chi connectivity index (χ4n) is 3.76. The SMILES string of the molecule is O=C(NC(=S)Nc1cccc(Cl)c1N1CCCCC1)c1ccc(-c2cccc([N+](=O)[O-])c2)o1. The number of nitro groups is 1. The minimum absolute atomic E-state index is 0.0306. The zero-order valence-electron chi connectivity index (χ0n) is 17.5. The van der Waals surface area contributed by atoms with Crippen LogP contribution in [0.3, 0.4) is 0 Å². The fraction of sp³-hybridized carbons (Fsp3) is 0.217. The third-order valence-corrected chi connectivity index (χ3v) is 5.81. The number of nitrogens with zero attached hydrogens (tertiary/aromatic N) is 2. The average molecular weight is 485 g/mol. The van der Waals surface area contributed by atoms with Gasteiger partial charge in [0.2, 0.25) is 0 Å². The zero-order valence-corrected chi connectivity index (χ0v) is 19.1. The number of amides is 1. The van der Waals surface area contributed by atoms with Gasteiger partial charge in [-0.1, -0.05) is 29.8 Å². The van der Waals surface area contributed by atoms with E-state index in [0.29, 0.717) is 22.0 Å². The van der Waals surface area contributed by atoms with E-state index < -0.39 is 10.8 Å². The molecule has 2 heterocycles. The van der Waals surface area contributed by atoms with Crippen LogP contribution in [0.25, 0.3) is 11.3 Å². The summed E-state index contributed by atoms with van der Waals surface area (Å²) < 4.78 is 5.60. The van der Waals surface area contributed by atoms with Crippen LogP contribution in [0.5, 0.6) is 0 Å². The molecule has 170 valence electrons. The molecule has 10 heteroatoms. The number of para-hydroxylation sites is 1. The largest absolute Gasteiger partial charge is 0.451 e. The normalized spacial score (nSPS) is 13.4. The molecule has 0 atom stereocenters. The standard InChI is InChI=1S/C23H21ClN4O4S/c24-17-8-5-9-18(21(17)27-12-2-1-3-13-27)25-23(33)26-22(29)20-11-10-19(32-20)15-6-4-7-16(14-15)28(30)31/h4-11,14H,1-3,12-13H2,(H2,25,26,29,33). The lowest BCUT2D eigenvalue weighted by Crippen LogP contribution is -2.35. The van der Waals surface area contributed by atoms with Gasteiger partial charge in [0.15, 0.2) is 10.9 Å². The van der Waals surface area contributed by atoms with Crippen molar-refractivity contribution in [3.05, 3.63) is 75.5 Å². The number of piperidine rings is 1. The maximum atomic E-state index is 12.6. The second kappa shape index (κ2) is 10.0. The number of benzene rings is 2. The lowest BCUT2D eigenvalue weighted by atomic mass is 10.1. The highest BCUT2D eigenvalue weighted by atomic mass is 35.5. The summed E-state index contributed by atoms with van der Waals surface area (Å²) in [6.45, 7) is 1.81. The first-order valence-electron chi connectivity index (χ1n) is 10.4. The van der Waals surface area contributed by atoms with Gasteiger partial charge in [-0.3, -0.25) is 20.2 Å². The molecule has 1 aromatic heterocycles. The van der Waals surface area contributed by atoms with Crippen LogP contribution in [-0.4, -0.2) is 29.0 Å². The van der Waals surface area contributed by atoms with Gasteiger partial charge in [0, 0.05) is 30.8 Å². The Balaban J connectivity index is 1.45. The molecule has 1 aliphatic heterocycles. The van der Waals surface area contributed by atoms with Crippen molar-refractivity contribution in [3.63, 3.8) is 0 Å². The van der Waals surface area contributed by atoms with Gasteiger partial charge in [0.05, 0.1) is 21.3 Å². The second-order valence-electron chi connectivity index (χ2n) is 7.56. The number of thiocarbonyl (C=S) groups is 1. The van der Waals surface area contributed by atoms with Gasteiger partial charge in [-0.05, 0) is 55.7 Å². The Morgan fingerprint density at radius 1 is 1.09 bits per heavy atom. The van der Waals surface area contributed by atoms with Gasteiger partial charge in [0.25, 0.3) is 11.6 Å². The fourth-order valence-corrected chi connectivity index (χ4v) is 4.26. The number of furan rings is 1. The molecule has 0 spiro atoms. The number of carbonyl (C=O) groups excluding carboxylic acids is 1. The molecule has 1 aliphatic rings. The Bertz CT molecular complexity index is 1210. The van der Waals surface area contributed by atoms with Crippen LogP contribution in [-0.2, 0) is 0 Å². The Labute approximate surface area is 200 Å². The summed E-state index contributed by atoms with van der Waals surface area (Å²) in [6, 6.07) is 14.6. The zero-order chi connectivity index (χ0) is 23.4. The van der Waals surface area contributed by atoms with E-state index in [9.17, 15) is 14.9 Å². The number of nitro benzene ring substituents is 1. The van der Waals surface area contributed by atoms with Crippen LogP contribution in [0.4, 0.5) is 17.1 Å². The maximum absolute atomic E-state index is 12.6. The molecular weight excluding hydrogens is 464 g/mol. The summed E-state index contributed by atoms with van der Waals surface area (Å²) in [7, 11) is 0. The highest BCUT2D eigenvalue weighted by Gasteiger charge is 2.20. The Kier molecular flexibility index (Phi) is 6.90. The van der Waals surface area contributed by atoms with Gasteiger partial charge < -0.3 is 14.6 Å². The monoisotopic (exact) mass is 484 g/mol. The number of hydrogen-bond donors (Lipinski definition) is 2. The number of nitrogens with one attached hydrogen (secondary N) is 2. The molecule has 2 aromatic carbocycles. The molecule has 1 fully saturated rings. The van der Waals surface area contributed by atoms with Crippen molar-refractivity contribution in [1.29, 1.82) is 0 Å². The van der Waals surface area contributed by atoms with E-state index >= 15 is 0 Å². The van der Waals surface area contributed by atoms with Crippen molar-refractivity contribution >= 4 is 51.9 Å². The first kappa shape index (κ1) is 22.8. The van der Waals surface area contributed by atoms with Crippen molar-refractivity contribution in [2.45, 2.75) is 19.3 Å². The van der Waals surface area contributed by atoms with Crippen LogP contribution in [0.15, 0.2) is 59.0 Å². The smallest absolute Gasteiger partial charge is 0.293 e. The third kappa shape index (κ3) is 5.32. The van der Waals surface area contributed by atoms with Crippen molar-refractivity contribution in [3.8, 4) is 11.3 Å². The van der Waals surface area contributed by atoms with E-state index in [4.69, 9.17) is 28.2 Å². The minimum Gasteiger partial charge on any atom is -0.451 e. The molecule has 4 rings (SSSR count). The third-order valence-electron chi connectivity index (χ3n) is 5.31. The predicted molar refractivity (Wildman–Crippen MR) is 132 cm³/mol. The number of halogens is 1. The van der Waals surface area contributed by atoms with Gasteiger partial charge in [-0.2, -0.15) is 0 Å². The molecule has 3 aromatic rings. The number of hydrogen-bond acceptors (Lipinski definition) is 6. The summed E-state index contributed by atoms with van der Waals surface area (Å²) >= 11 is 11.8. The molecule has 1 amide bonds. The second-order valence-corrected chi connectivity index (χ2v) is 8.38. The molecule has 0 radical (unpaired) electrons. The Morgan fingerprint density at radius 2 is 1.85 bits per heavy atom. The molecule has 0 bridgehead atoms. The van der Waals surface area contributed by atoms with E-state index in [1.807, 2.05) is 18.2 Å². The van der Waals surface area contributed by atoms with E-state index in [2.05, 4.69) is 15.5 Å². The molecule has 2 N–H and O–H groups in total. The Morgan fingerprint density at radius 3 is 2.61 bits per heavy atom. The molecule has 33 heavy (non-hydrogen) atoms. The number of non-ortho nitro benzene ring substituents is 1. The molecule has 1 saturated heterocycles. The highest BCUT2D eigenvalue weighted by molar-refractivity contribution is 7.80. The summed E-state index contributed by atoms with van der Waals surface area (Å²) in [6.07, 6.45) is 3.38. The molecular formula is C23H21ClN4O4S. The van der Waals surface area contributed by atoms with E-state index in [-0.39, 0.29) is 16.6 Å². The molecule has 8 nitrogen and oxygen atoms in total. The van der Waals surface area contributed by atoms with Crippen LogP contribution in [0.1, 0.15) is 29.8 Å². The van der Waals surface area contributed by atoms with Crippen molar-refractivity contribution in [2.75, 3.05) is 23.3 Å². The number of rotatable bonds is 5. The van der Waals surface area contributed by atoms with Gasteiger partial charge in [-0.25, -0.2) is 0 Å². The lowest BCUT2D eigenvalue weighted by Gasteiger charge is -2.31. The number of carbonyl (C=O) groups is 1. The highest BCUT2D eigenvalue weighted by Crippen LogP contribution is 2.35. The first-order valence-corrected chi connectivity index (χ1v) is 11.2. The first-order chi connectivity index (χ1) is 15.9. The molecule has 0 unspecified atom stereocenters. The lowest BCUT2D eigenvalue weighted by molar-refractivity contribution is -0.384. The molecule has 0 aliphatic carbocycles. The summed E-state index contributed by atoms with van der Waals surface area (Å²) in [4.78, 5) is 25.4. The van der Waals surface area contributed by atoms with Crippen LogP contribution < -0.4 is 15.5 Å². The number of anilines is 2. The van der Waals surface area contributed by atoms with E-state index in [1.54, 1.807) is 18.2 Å². The van der Waals surface area contributed by atoms with Gasteiger partial charge >= 0.3 is 0 Å². The summed E-state index contributed by atoms with van der Waals surface area (Å²) in [5.41, 5.74) is 2.01.